The van der Waals surface area contributed by atoms with E-state index in [1.165, 1.54) is 19.3 Å². The van der Waals surface area contributed by atoms with E-state index >= 15 is 0 Å². The third kappa shape index (κ3) is 6.85. The summed E-state index contributed by atoms with van der Waals surface area (Å²) in [5, 5.41) is 3.20. The number of pyridine rings is 1. The lowest BCUT2D eigenvalue weighted by molar-refractivity contribution is 0.315. The van der Waals surface area contributed by atoms with E-state index in [4.69, 9.17) is 15.2 Å². The van der Waals surface area contributed by atoms with Gasteiger partial charge in [-0.25, -0.2) is 9.98 Å². The van der Waals surface area contributed by atoms with Gasteiger partial charge in [-0.2, -0.15) is 0 Å². The van der Waals surface area contributed by atoms with Crippen LogP contribution in [0.15, 0.2) is 47.6 Å². The average Bonchev–Trinajstić information content (AvgIpc) is 2.65. The highest BCUT2D eigenvalue weighted by atomic mass is 127. The minimum atomic E-state index is 0. The van der Waals surface area contributed by atoms with E-state index in [1.54, 1.807) is 6.20 Å². The molecule has 0 saturated heterocycles. The molecule has 2 aromatic rings. The molecule has 1 aromatic heterocycles. The van der Waals surface area contributed by atoms with Crippen LogP contribution in [0, 0.1) is 5.92 Å². The van der Waals surface area contributed by atoms with Crippen molar-refractivity contribution in [3.05, 3.63) is 48.2 Å². The number of hydrogen-bond donors (Lipinski definition) is 2. The highest BCUT2D eigenvalue weighted by molar-refractivity contribution is 14.0. The zero-order chi connectivity index (χ0) is 18.9. The first-order chi connectivity index (χ1) is 13.2. The number of benzene rings is 1. The molecular formula is C21H29IN4O2. The van der Waals surface area contributed by atoms with E-state index < -0.39 is 0 Å². The van der Waals surface area contributed by atoms with E-state index in [1.807, 2.05) is 36.4 Å². The molecule has 0 aliphatic heterocycles. The lowest BCUT2D eigenvalue weighted by Crippen LogP contribution is -2.37. The highest BCUT2D eigenvalue weighted by Crippen LogP contribution is 2.26. The molecule has 0 spiro atoms. The van der Waals surface area contributed by atoms with Crippen molar-refractivity contribution in [1.29, 1.82) is 0 Å². The van der Waals surface area contributed by atoms with Gasteiger partial charge in [0.2, 0.25) is 5.88 Å². The molecule has 0 amide bonds. The van der Waals surface area contributed by atoms with Crippen LogP contribution in [0.2, 0.25) is 0 Å². The fourth-order valence-electron chi connectivity index (χ4n) is 2.74. The van der Waals surface area contributed by atoms with Crippen molar-refractivity contribution in [2.24, 2.45) is 16.6 Å². The molecule has 1 aliphatic rings. The van der Waals surface area contributed by atoms with Crippen molar-refractivity contribution in [3.8, 4) is 17.4 Å². The quantitative estimate of drug-likeness (QED) is 0.304. The summed E-state index contributed by atoms with van der Waals surface area (Å²) < 4.78 is 11.5. The molecule has 6 nitrogen and oxygen atoms in total. The van der Waals surface area contributed by atoms with Gasteiger partial charge in [0.05, 0.1) is 13.2 Å². The maximum absolute atomic E-state index is 5.97. The number of hydrogen-bond acceptors (Lipinski definition) is 4. The van der Waals surface area contributed by atoms with Crippen LogP contribution in [0.4, 0.5) is 0 Å². The Morgan fingerprint density at radius 1 is 1.21 bits per heavy atom. The number of aromatic nitrogens is 1. The zero-order valence-corrected chi connectivity index (χ0v) is 18.6. The van der Waals surface area contributed by atoms with Crippen molar-refractivity contribution in [2.75, 3.05) is 13.2 Å². The topological polar surface area (TPSA) is 81.8 Å². The third-order valence-corrected chi connectivity index (χ3v) is 4.58. The molecule has 1 aliphatic carbocycles. The summed E-state index contributed by atoms with van der Waals surface area (Å²) in [6.07, 6.45) is 6.58. The number of nitrogens with one attached hydrogen (secondary N) is 1. The molecule has 1 saturated carbocycles. The molecule has 7 heteroatoms. The molecule has 1 heterocycles. The normalized spacial score (nSPS) is 14.0. The Kier molecular flexibility index (Phi) is 9.33. The smallest absolute Gasteiger partial charge is 0.224 e. The second-order valence-electron chi connectivity index (χ2n) is 6.77. The SMILES string of the molecule is CCCOc1ccc(Oc2ncccc2CN=C(N)NCC2CCC2)cc1.I. The predicted octanol–water partition coefficient (Wildman–Crippen LogP) is 4.49. The van der Waals surface area contributed by atoms with Crippen LogP contribution in [-0.4, -0.2) is 24.1 Å². The number of nitrogens with zero attached hydrogens (tertiary/aromatic N) is 2. The summed E-state index contributed by atoms with van der Waals surface area (Å²) in [6, 6.07) is 11.4. The van der Waals surface area contributed by atoms with Crippen LogP contribution >= 0.6 is 24.0 Å². The molecule has 0 bridgehead atoms. The van der Waals surface area contributed by atoms with Gasteiger partial charge < -0.3 is 20.5 Å². The summed E-state index contributed by atoms with van der Waals surface area (Å²) in [5.74, 6) is 3.28. The second kappa shape index (κ2) is 11.7. The first-order valence-corrected chi connectivity index (χ1v) is 9.63. The van der Waals surface area contributed by atoms with Gasteiger partial charge in [-0.15, -0.1) is 24.0 Å². The lowest BCUT2D eigenvalue weighted by Gasteiger charge is -2.25. The highest BCUT2D eigenvalue weighted by Gasteiger charge is 2.16. The Labute approximate surface area is 184 Å². The summed E-state index contributed by atoms with van der Waals surface area (Å²) in [5.41, 5.74) is 6.86. The number of nitrogens with two attached hydrogens (primary N) is 1. The minimum absolute atomic E-state index is 0. The molecule has 0 radical (unpaired) electrons. The zero-order valence-electron chi connectivity index (χ0n) is 16.3. The molecule has 1 fully saturated rings. The van der Waals surface area contributed by atoms with Gasteiger partial charge in [-0.3, -0.25) is 0 Å². The molecular weight excluding hydrogens is 467 g/mol. The molecule has 152 valence electrons. The van der Waals surface area contributed by atoms with Crippen LogP contribution in [0.3, 0.4) is 0 Å². The maximum atomic E-state index is 5.97. The Hall–Kier alpha value is -2.03. The van der Waals surface area contributed by atoms with Crippen LogP contribution in [-0.2, 0) is 6.54 Å². The summed E-state index contributed by atoms with van der Waals surface area (Å²) >= 11 is 0. The van der Waals surface area contributed by atoms with Crippen LogP contribution in [0.25, 0.3) is 0 Å². The monoisotopic (exact) mass is 496 g/mol. The summed E-state index contributed by atoms with van der Waals surface area (Å²) in [7, 11) is 0. The van der Waals surface area contributed by atoms with Gasteiger partial charge in [0.1, 0.15) is 11.5 Å². The van der Waals surface area contributed by atoms with E-state index in [9.17, 15) is 0 Å². The van der Waals surface area contributed by atoms with E-state index in [0.29, 0.717) is 30.7 Å². The number of guanidine groups is 1. The Morgan fingerprint density at radius 3 is 2.64 bits per heavy atom. The van der Waals surface area contributed by atoms with E-state index in [-0.39, 0.29) is 24.0 Å². The van der Waals surface area contributed by atoms with Gasteiger partial charge in [-0.05, 0) is 55.5 Å². The van der Waals surface area contributed by atoms with Gasteiger partial charge in [0.15, 0.2) is 5.96 Å². The van der Waals surface area contributed by atoms with E-state index in [0.717, 1.165) is 30.2 Å². The number of halogens is 1. The van der Waals surface area contributed by atoms with Crippen LogP contribution < -0.4 is 20.5 Å². The third-order valence-electron chi connectivity index (χ3n) is 4.58. The fraction of sp³-hybridized carbons (Fsp3) is 0.429. The maximum Gasteiger partial charge on any atom is 0.224 e. The number of ether oxygens (including phenoxy) is 2. The van der Waals surface area contributed by atoms with Crippen molar-refractivity contribution in [3.63, 3.8) is 0 Å². The van der Waals surface area contributed by atoms with Crippen LogP contribution in [0.1, 0.15) is 38.2 Å². The molecule has 28 heavy (non-hydrogen) atoms. The Morgan fingerprint density at radius 2 is 1.96 bits per heavy atom. The molecule has 0 unspecified atom stereocenters. The average molecular weight is 496 g/mol. The first kappa shape index (κ1) is 22.3. The first-order valence-electron chi connectivity index (χ1n) is 9.63. The molecule has 3 N–H and O–H groups in total. The predicted molar refractivity (Wildman–Crippen MR) is 123 cm³/mol. The van der Waals surface area contributed by atoms with Gasteiger partial charge >= 0.3 is 0 Å². The minimum Gasteiger partial charge on any atom is -0.494 e. The molecule has 0 atom stereocenters. The van der Waals surface area contributed by atoms with E-state index in [2.05, 4.69) is 22.2 Å². The Bertz CT molecular complexity index is 748. The van der Waals surface area contributed by atoms with Crippen molar-refractivity contribution in [1.82, 2.24) is 10.3 Å². The number of rotatable bonds is 9. The van der Waals surface area contributed by atoms with Crippen molar-refractivity contribution < 1.29 is 9.47 Å². The van der Waals surface area contributed by atoms with Gasteiger partial charge in [0, 0.05) is 18.3 Å². The van der Waals surface area contributed by atoms with Crippen molar-refractivity contribution in [2.45, 2.75) is 39.2 Å². The largest absolute Gasteiger partial charge is 0.494 e. The molecule has 3 rings (SSSR count). The lowest BCUT2D eigenvalue weighted by atomic mass is 9.85. The van der Waals surface area contributed by atoms with Gasteiger partial charge in [-0.1, -0.05) is 19.4 Å². The van der Waals surface area contributed by atoms with Gasteiger partial charge in [0.25, 0.3) is 0 Å². The Balaban J connectivity index is 0.00000280. The molecule has 1 aromatic carbocycles. The van der Waals surface area contributed by atoms with Crippen LogP contribution in [0.5, 0.6) is 17.4 Å². The summed E-state index contributed by atoms with van der Waals surface area (Å²) in [6.45, 7) is 4.11. The summed E-state index contributed by atoms with van der Waals surface area (Å²) in [4.78, 5) is 8.75. The fourth-order valence-corrected chi connectivity index (χ4v) is 2.74. The second-order valence-corrected chi connectivity index (χ2v) is 6.77. The standard InChI is InChI=1S/C21H28N4O2.HI/c1-2-13-26-18-8-10-19(11-9-18)27-20-17(7-4-12-23-20)15-25-21(22)24-14-16-5-3-6-16;/h4,7-12,16H,2-3,5-6,13-15H2,1H3,(H3,22,24,25);1H. The van der Waals surface area contributed by atoms with Crippen molar-refractivity contribution >= 4 is 29.9 Å². The number of aliphatic imine (C=N–C) groups is 1.